The van der Waals surface area contributed by atoms with Gasteiger partial charge in [0, 0.05) is 25.3 Å². The zero-order valence-corrected chi connectivity index (χ0v) is 34.6. The van der Waals surface area contributed by atoms with Gasteiger partial charge in [-0.3, -0.25) is 19.2 Å². The minimum absolute atomic E-state index is 0.0210. The Labute approximate surface area is 337 Å². The van der Waals surface area contributed by atoms with Gasteiger partial charge in [0.15, 0.2) is 0 Å². The summed E-state index contributed by atoms with van der Waals surface area (Å²) in [6.45, 7) is 9.67. The summed E-state index contributed by atoms with van der Waals surface area (Å²) in [6.07, 6.45) is 8.78. The third-order valence-corrected chi connectivity index (χ3v) is 12.6. The van der Waals surface area contributed by atoms with Crippen LogP contribution in [0.5, 0.6) is 11.5 Å². The van der Waals surface area contributed by atoms with Crippen LogP contribution in [0.3, 0.4) is 0 Å². The number of methoxy groups -OCH3 is 1. The average Bonchev–Trinajstić information content (AvgIpc) is 4.07. The second-order valence-electron chi connectivity index (χ2n) is 17.4. The highest BCUT2D eigenvalue weighted by atomic mass is 16.6. The topological polar surface area (TPSA) is 152 Å². The van der Waals surface area contributed by atoms with Crippen LogP contribution in [0.1, 0.15) is 105 Å². The number of amides is 4. The van der Waals surface area contributed by atoms with Crippen LogP contribution in [-0.4, -0.2) is 84.0 Å². The average molecular weight is 787 g/mol. The Morgan fingerprint density at radius 3 is 2.09 bits per heavy atom. The van der Waals surface area contributed by atoms with Crippen molar-refractivity contribution in [2.45, 2.75) is 135 Å². The molecular weight excluding hydrogens is 725 g/mol. The Balaban J connectivity index is 1.17. The van der Waals surface area contributed by atoms with Crippen LogP contribution < -0.4 is 25.4 Å². The van der Waals surface area contributed by atoms with Crippen LogP contribution in [0.25, 0.3) is 11.1 Å². The van der Waals surface area contributed by atoms with E-state index in [2.05, 4.69) is 22.9 Å². The Morgan fingerprint density at radius 2 is 1.53 bits per heavy atom. The molecule has 1 heterocycles. The van der Waals surface area contributed by atoms with Crippen molar-refractivity contribution in [3.8, 4) is 22.6 Å². The summed E-state index contributed by atoms with van der Waals surface area (Å²) in [6, 6.07) is 13.0. The van der Waals surface area contributed by atoms with Gasteiger partial charge >= 0.3 is 5.97 Å². The molecule has 2 aromatic carbocycles. The quantitative estimate of drug-likeness (QED) is 0.166. The van der Waals surface area contributed by atoms with E-state index in [1.165, 1.54) is 6.92 Å². The third kappa shape index (κ3) is 10.1. The van der Waals surface area contributed by atoms with E-state index in [1.807, 2.05) is 69.3 Å². The lowest BCUT2D eigenvalue weighted by Crippen LogP contribution is -2.60. The first-order valence-corrected chi connectivity index (χ1v) is 21.1. The van der Waals surface area contributed by atoms with Gasteiger partial charge in [-0.15, -0.1) is 0 Å². The zero-order valence-electron chi connectivity index (χ0n) is 34.6. The molecule has 12 nitrogen and oxygen atoms in total. The van der Waals surface area contributed by atoms with Crippen molar-refractivity contribution < 1.29 is 38.2 Å². The molecule has 1 saturated heterocycles. The first-order chi connectivity index (χ1) is 27.3. The van der Waals surface area contributed by atoms with Crippen LogP contribution in [0.2, 0.25) is 0 Å². The van der Waals surface area contributed by atoms with Gasteiger partial charge in [-0.1, -0.05) is 70.7 Å². The van der Waals surface area contributed by atoms with Crippen molar-refractivity contribution in [3.63, 3.8) is 0 Å². The van der Waals surface area contributed by atoms with Crippen molar-refractivity contribution in [1.29, 1.82) is 0 Å². The van der Waals surface area contributed by atoms with Crippen LogP contribution in [0, 0.1) is 23.7 Å². The van der Waals surface area contributed by atoms with Crippen LogP contribution in [-0.2, 0) is 28.7 Å². The summed E-state index contributed by atoms with van der Waals surface area (Å²) in [4.78, 5) is 70.1. The molecule has 0 spiro atoms. The Bertz CT molecular complexity index is 1750. The SMILES string of the molecule is CCCC1CC1(C)OC(=O)C1(NC(=O)C2CC(COc3ccc(-c4ccc(OC)cc4)cc3)CN2C(=O)[C@@H](NC(=O)C(NC(C)=O)C2CCCCC2)C(C)C)CC1. The van der Waals surface area contributed by atoms with Gasteiger partial charge in [-0.05, 0) is 99.1 Å². The second kappa shape index (κ2) is 17.9. The van der Waals surface area contributed by atoms with E-state index in [-0.39, 0.29) is 42.7 Å². The summed E-state index contributed by atoms with van der Waals surface area (Å²) in [5.41, 5.74) is 0.452. The van der Waals surface area contributed by atoms with E-state index in [0.717, 1.165) is 68.2 Å². The fourth-order valence-electron chi connectivity index (χ4n) is 8.74. The molecular formula is C45H62N4O8. The Hall–Kier alpha value is -4.61. The van der Waals surface area contributed by atoms with Gasteiger partial charge in [-0.25, -0.2) is 4.79 Å². The van der Waals surface area contributed by atoms with Crippen molar-refractivity contribution in [2.75, 3.05) is 20.3 Å². The maximum absolute atomic E-state index is 14.6. The number of ether oxygens (including phenoxy) is 3. The maximum atomic E-state index is 14.6. The molecule has 5 unspecified atom stereocenters. The number of hydrogen-bond donors (Lipinski definition) is 3. The van der Waals surface area contributed by atoms with E-state index in [1.54, 1.807) is 12.0 Å². The van der Waals surface area contributed by atoms with E-state index < -0.39 is 47.0 Å². The molecule has 1 aliphatic heterocycles. The molecule has 3 saturated carbocycles. The summed E-state index contributed by atoms with van der Waals surface area (Å²) in [5.74, 6) is -0.664. The molecule has 4 aliphatic rings. The highest BCUT2D eigenvalue weighted by Crippen LogP contribution is 2.51. The number of benzene rings is 2. The molecule has 4 amide bonds. The number of nitrogens with zero attached hydrogens (tertiary/aromatic N) is 1. The smallest absolute Gasteiger partial charge is 0.332 e. The Morgan fingerprint density at radius 1 is 0.895 bits per heavy atom. The summed E-state index contributed by atoms with van der Waals surface area (Å²) >= 11 is 0. The standard InChI is InChI=1S/C45H62N4O8/c1-7-11-34-25-44(34,5)57-43(54)45(22-23-45)48-40(51)37-24-30(27-56-36-20-16-32(17-21-36)31-14-18-35(55-6)19-15-31)26-49(37)42(53)38(28(2)3)47-41(52)39(46-29(4)50)33-12-9-8-10-13-33/h14-21,28,30,33-34,37-39H,7-13,22-27H2,1-6H3,(H,46,50)(H,47,52)(H,48,51)/t30?,34?,37?,38-,39?,44?/m0/s1. The fourth-order valence-corrected chi connectivity index (χ4v) is 8.74. The first kappa shape index (κ1) is 42.0. The number of likely N-dealkylation sites (tertiary alicyclic amines) is 1. The van der Waals surface area contributed by atoms with Crippen LogP contribution in [0.4, 0.5) is 0 Å². The molecule has 57 heavy (non-hydrogen) atoms. The lowest BCUT2D eigenvalue weighted by atomic mass is 9.83. The summed E-state index contributed by atoms with van der Waals surface area (Å²) < 4.78 is 17.5. The molecule has 3 aliphatic carbocycles. The maximum Gasteiger partial charge on any atom is 0.332 e. The summed E-state index contributed by atoms with van der Waals surface area (Å²) in [7, 11) is 1.64. The van der Waals surface area contributed by atoms with Gasteiger partial charge in [0.05, 0.1) is 13.7 Å². The molecule has 0 bridgehead atoms. The lowest BCUT2D eigenvalue weighted by molar-refractivity contribution is -0.157. The Kier molecular flexibility index (Phi) is 13.2. The number of carbonyl (C=O) groups excluding carboxylic acids is 5. The number of rotatable bonds is 17. The summed E-state index contributed by atoms with van der Waals surface area (Å²) in [5, 5.41) is 8.86. The molecule has 2 aromatic rings. The van der Waals surface area contributed by atoms with Gasteiger partial charge in [0.2, 0.25) is 23.6 Å². The molecule has 0 aromatic heterocycles. The van der Waals surface area contributed by atoms with Crippen LogP contribution in [0.15, 0.2) is 48.5 Å². The third-order valence-electron chi connectivity index (χ3n) is 12.6. The van der Waals surface area contributed by atoms with E-state index in [4.69, 9.17) is 14.2 Å². The lowest BCUT2D eigenvalue weighted by Gasteiger charge is -2.34. The van der Waals surface area contributed by atoms with Crippen molar-refractivity contribution in [3.05, 3.63) is 48.5 Å². The number of carbonyl (C=O) groups is 5. The van der Waals surface area contributed by atoms with Crippen molar-refractivity contribution in [1.82, 2.24) is 20.9 Å². The largest absolute Gasteiger partial charge is 0.497 e. The van der Waals surface area contributed by atoms with E-state index in [9.17, 15) is 24.0 Å². The zero-order chi connectivity index (χ0) is 40.9. The predicted molar refractivity (Wildman–Crippen MR) is 216 cm³/mol. The van der Waals surface area contributed by atoms with Gasteiger partial charge in [-0.2, -0.15) is 0 Å². The van der Waals surface area contributed by atoms with Gasteiger partial charge < -0.3 is 35.1 Å². The second-order valence-corrected chi connectivity index (χ2v) is 17.4. The van der Waals surface area contributed by atoms with Gasteiger partial charge in [0.1, 0.15) is 40.8 Å². The molecule has 6 atom stereocenters. The fraction of sp³-hybridized carbons (Fsp3) is 0.622. The molecule has 6 rings (SSSR count). The number of esters is 1. The monoisotopic (exact) mass is 786 g/mol. The van der Waals surface area contributed by atoms with E-state index >= 15 is 0 Å². The normalized spacial score (nSPS) is 24.8. The predicted octanol–water partition coefficient (Wildman–Crippen LogP) is 5.95. The minimum atomic E-state index is -1.11. The first-order valence-electron chi connectivity index (χ1n) is 21.1. The van der Waals surface area contributed by atoms with Crippen molar-refractivity contribution in [2.24, 2.45) is 23.7 Å². The number of nitrogens with one attached hydrogen (secondary N) is 3. The minimum Gasteiger partial charge on any atom is -0.497 e. The van der Waals surface area contributed by atoms with Crippen LogP contribution >= 0.6 is 0 Å². The van der Waals surface area contributed by atoms with E-state index in [0.29, 0.717) is 30.9 Å². The van der Waals surface area contributed by atoms with Crippen molar-refractivity contribution >= 4 is 29.6 Å². The molecule has 4 fully saturated rings. The molecule has 310 valence electrons. The number of hydrogen-bond acceptors (Lipinski definition) is 8. The molecule has 3 N–H and O–H groups in total. The highest BCUT2D eigenvalue weighted by Gasteiger charge is 2.60. The highest BCUT2D eigenvalue weighted by molar-refractivity contribution is 5.97. The molecule has 0 radical (unpaired) electrons. The van der Waals surface area contributed by atoms with Gasteiger partial charge in [0.25, 0.3) is 0 Å². The molecule has 12 heteroatoms.